The van der Waals surface area contributed by atoms with Gasteiger partial charge in [-0.2, -0.15) is 4.52 Å². The topological polar surface area (TPSA) is 109 Å². The molecule has 178 valence electrons. The van der Waals surface area contributed by atoms with Crippen LogP contribution >= 0.6 is 0 Å². The molecular weight excluding hydrogens is 434 g/mol. The Morgan fingerprint density at radius 3 is 2.68 bits per heavy atom. The number of fused-ring (bicyclic) bond motifs is 3. The quantitative estimate of drug-likeness (QED) is 0.381. The Kier molecular flexibility index (Phi) is 6.08. The van der Waals surface area contributed by atoms with Crippen LogP contribution in [0.1, 0.15) is 18.3 Å². The van der Waals surface area contributed by atoms with Crippen molar-refractivity contribution < 1.29 is 14.6 Å². The second-order valence-electron chi connectivity index (χ2n) is 8.47. The summed E-state index contributed by atoms with van der Waals surface area (Å²) < 4.78 is 12.5. The molecule has 0 radical (unpaired) electrons. The van der Waals surface area contributed by atoms with E-state index in [-0.39, 0.29) is 5.75 Å². The standard InChI is InChI=1S/C24H29N7O3/c1-15-12-25-7-8-30(15)14-21-27-23-19-5-4-6-20(32)22(19)28-24(31(23)29-21)26-13-16-9-17(33-2)11-18(10-16)34-3/h4-6,9-11,15,25,32H,7-8,12-14H2,1-3H3,(H,26,28)/t15-/m1/s1. The Balaban J connectivity index is 1.52. The molecule has 1 atom stereocenters. The number of benzene rings is 2. The van der Waals surface area contributed by atoms with Crippen molar-refractivity contribution in [3.05, 3.63) is 47.8 Å². The first-order valence-corrected chi connectivity index (χ1v) is 11.3. The fourth-order valence-electron chi connectivity index (χ4n) is 4.29. The number of hydrogen-bond donors (Lipinski definition) is 3. The van der Waals surface area contributed by atoms with Crippen LogP contribution in [-0.4, -0.2) is 69.5 Å². The molecule has 10 nitrogen and oxygen atoms in total. The van der Waals surface area contributed by atoms with E-state index in [1.54, 1.807) is 30.9 Å². The first kappa shape index (κ1) is 22.2. The van der Waals surface area contributed by atoms with Gasteiger partial charge >= 0.3 is 0 Å². The molecule has 0 unspecified atom stereocenters. The fraction of sp³-hybridized carbons (Fsp3) is 0.375. The molecule has 2 aromatic carbocycles. The van der Waals surface area contributed by atoms with E-state index in [0.29, 0.717) is 47.7 Å². The Labute approximate surface area is 197 Å². The van der Waals surface area contributed by atoms with Crippen molar-refractivity contribution in [3.8, 4) is 17.2 Å². The van der Waals surface area contributed by atoms with Crippen LogP contribution in [0, 0.1) is 0 Å². The number of para-hydroxylation sites is 1. The lowest BCUT2D eigenvalue weighted by Gasteiger charge is -2.32. The summed E-state index contributed by atoms with van der Waals surface area (Å²) in [6, 6.07) is 11.4. The summed E-state index contributed by atoms with van der Waals surface area (Å²) in [6.45, 7) is 6.15. The number of ether oxygens (including phenoxy) is 2. The second-order valence-corrected chi connectivity index (χ2v) is 8.47. The molecular formula is C24H29N7O3. The SMILES string of the molecule is COc1cc(CNc2nc3c(O)cccc3c3nc(CN4CCNC[C@H]4C)nn23)cc(OC)c1. The zero-order valence-electron chi connectivity index (χ0n) is 19.6. The van der Waals surface area contributed by atoms with Gasteiger partial charge < -0.3 is 25.2 Å². The van der Waals surface area contributed by atoms with Gasteiger partial charge in [-0.15, -0.1) is 5.10 Å². The Morgan fingerprint density at radius 2 is 1.94 bits per heavy atom. The lowest BCUT2D eigenvalue weighted by molar-refractivity contribution is 0.162. The Bertz CT molecular complexity index is 1300. The molecule has 4 aromatic rings. The average molecular weight is 464 g/mol. The zero-order chi connectivity index (χ0) is 23.7. The van der Waals surface area contributed by atoms with Crippen molar-refractivity contribution in [2.75, 3.05) is 39.2 Å². The molecule has 1 saturated heterocycles. The number of aromatic nitrogens is 4. The van der Waals surface area contributed by atoms with Crippen LogP contribution < -0.4 is 20.1 Å². The fourth-order valence-corrected chi connectivity index (χ4v) is 4.29. The molecule has 34 heavy (non-hydrogen) atoms. The zero-order valence-corrected chi connectivity index (χ0v) is 19.6. The predicted molar refractivity (Wildman–Crippen MR) is 130 cm³/mol. The summed E-state index contributed by atoms with van der Waals surface area (Å²) in [5.74, 6) is 2.74. The van der Waals surface area contributed by atoms with E-state index in [2.05, 4.69) is 22.5 Å². The third kappa shape index (κ3) is 4.29. The third-order valence-corrected chi connectivity index (χ3v) is 6.17. The molecule has 0 saturated carbocycles. The first-order valence-electron chi connectivity index (χ1n) is 11.3. The number of aromatic hydroxyl groups is 1. The minimum Gasteiger partial charge on any atom is -0.506 e. The molecule has 0 bridgehead atoms. The maximum Gasteiger partial charge on any atom is 0.226 e. The van der Waals surface area contributed by atoms with Gasteiger partial charge in [-0.1, -0.05) is 6.07 Å². The Morgan fingerprint density at radius 1 is 1.15 bits per heavy atom. The van der Waals surface area contributed by atoms with Gasteiger partial charge in [0.05, 0.1) is 20.8 Å². The normalized spacial score (nSPS) is 16.7. The van der Waals surface area contributed by atoms with Crippen molar-refractivity contribution in [1.29, 1.82) is 0 Å². The lowest BCUT2D eigenvalue weighted by Crippen LogP contribution is -2.49. The molecule has 3 heterocycles. The molecule has 1 aliphatic rings. The summed E-state index contributed by atoms with van der Waals surface area (Å²) >= 11 is 0. The van der Waals surface area contributed by atoms with Gasteiger partial charge in [0.25, 0.3) is 0 Å². The van der Waals surface area contributed by atoms with Crippen LogP contribution in [0.4, 0.5) is 5.95 Å². The number of piperazine rings is 1. The molecule has 1 aliphatic heterocycles. The highest BCUT2D eigenvalue weighted by molar-refractivity contribution is 5.95. The van der Waals surface area contributed by atoms with Crippen LogP contribution in [0.3, 0.4) is 0 Å². The number of phenolic OH excluding ortho intramolecular Hbond substituents is 1. The minimum atomic E-state index is 0.103. The third-order valence-electron chi connectivity index (χ3n) is 6.17. The monoisotopic (exact) mass is 463 g/mol. The van der Waals surface area contributed by atoms with E-state index in [4.69, 9.17) is 24.5 Å². The van der Waals surface area contributed by atoms with Gasteiger partial charge in [0, 0.05) is 43.7 Å². The molecule has 3 N–H and O–H groups in total. The maximum atomic E-state index is 10.5. The molecule has 10 heteroatoms. The summed E-state index contributed by atoms with van der Waals surface area (Å²) in [4.78, 5) is 11.9. The van der Waals surface area contributed by atoms with Crippen molar-refractivity contribution in [1.82, 2.24) is 29.8 Å². The number of nitrogens with one attached hydrogen (secondary N) is 2. The summed E-state index contributed by atoms with van der Waals surface area (Å²) in [5.41, 5.74) is 2.10. The average Bonchev–Trinajstić information content (AvgIpc) is 3.28. The summed E-state index contributed by atoms with van der Waals surface area (Å²) in [5, 5.41) is 22.8. The number of rotatable bonds is 7. The number of anilines is 1. The van der Waals surface area contributed by atoms with Crippen LogP contribution in [0.15, 0.2) is 36.4 Å². The van der Waals surface area contributed by atoms with E-state index >= 15 is 0 Å². The van der Waals surface area contributed by atoms with Crippen molar-refractivity contribution in [2.45, 2.75) is 26.1 Å². The van der Waals surface area contributed by atoms with Gasteiger partial charge in [0.2, 0.25) is 5.95 Å². The number of hydrogen-bond acceptors (Lipinski definition) is 9. The largest absolute Gasteiger partial charge is 0.506 e. The predicted octanol–water partition coefficient (Wildman–Crippen LogP) is 2.41. The van der Waals surface area contributed by atoms with E-state index in [1.165, 1.54) is 0 Å². The Hall–Kier alpha value is -3.63. The molecule has 1 fully saturated rings. The van der Waals surface area contributed by atoms with Gasteiger partial charge in [0.15, 0.2) is 11.5 Å². The van der Waals surface area contributed by atoms with Gasteiger partial charge in [-0.25, -0.2) is 9.97 Å². The van der Waals surface area contributed by atoms with Crippen LogP contribution in [0.25, 0.3) is 16.6 Å². The highest BCUT2D eigenvalue weighted by Gasteiger charge is 2.21. The molecule has 2 aromatic heterocycles. The highest BCUT2D eigenvalue weighted by atomic mass is 16.5. The maximum absolute atomic E-state index is 10.5. The van der Waals surface area contributed by atoms with E-state index in [1.807, 2.05) is 24.3 Å². The van der Waals surface area contributed by atoms with Gasteiger partial charge in [0.1, 0.15) is 22.8 Å². The lowest BCUT2D eigenvalue weighted by atomic mass is 10.2. The van der Waals surface area contributed by atoms with E-state index in [0.717, 1.165) is 36.4 Å². The van der Waals surface area contributed by atoms with E-state index in [9.17, 15) is 5.11 Å². The summed E-state index contributed by atoms with van der Waals surface area (Å²) in [7, 11) is 3.25. The second kappa shape index (κ2) is 9.32. The van der Waals surface area contributed by atoms with Crippen molar-refractivity contribution in [2.24, 2.45) is 0 Å². The smallest absolute Gasteiger partial charge is 0.226 e. The number of nitrogens with zero attached hydrogens (tertiary/aromatic N) is 5. The molecule has 5 rings (SSSR count). The van der Waals surface area contributed by atoms with Crippen LogP contribution in [-0.2, 0) is 13.1 Å². The van der Waals surface area contributed by atoms with Crippen molar-refractivity contribution in [3.63, 3.8) is 0 Å². The molecule has 0 amide bonds. The molecule has 0 spiro atoms. The number of methoxy groups -OCH3 is 2. The summed E-state index contributed by atoms with van der Waals surface area (Å²) in [6.07, 6.45) is 0. The number of phenols is 1. The van der Waals surface area contributed by atoms with Gasteiger partial charge in [-0.3, -0.25) is 4.90 Å². The van der Waals surface area contributed by atoms with Crippen LogP contribution in [0.5, 0.6) is 17.2 Å². The van der Waals surface area contributed by atoms with E-state index < -0.39 is 0 Å². The first-order chi connectivity index (χ1) is 16.6. The van der Waals surface area contributed by atoms with Gasteiger partial charge in [-0.05, 0) is 36.8 Å². The molecule has 0 aliphatic carbocycles. The van der Waals surface area contributed by atoms with Crippen LogP contribution in [0.2, 0.25) is 0 Å². The van der Waals surface area contributed by atoms with Crippen molar-refractivity contribution >= 4 is 22.5 Å². The highest BCUT2D eigenvalue weighted by Crippen LogP contribution is 2.28. The minimum absolute atomic E-state index is 0.103.